The van der Waals surface area contributed by atoms with Crippen LogP contribution in [-0.2, 0) is 9.59 Å². The van der Waals surface area contributed by atoms with Crippen LogP contribution in [0.3, 0.4) is 0 Å². The van der Waals surface area contributed by atoms with Gasteiger partial charge in [0.05, 0.1) is 7.11 Å². The summed E-state index contributed by atoms with van der Waals surface area (Å²) >= 11 is 0. The van der Waals surface area contributed by atoms with Gasteiger partial charge in [0.2, 0.25) is 11.8 Å². The molecule has 0 radical (unpaired) electrons. The van der Waals surface area contributed by atoms with Gasteiger partial charge in [-0.3, -0.25) is 9.59 Å². The standard InChI is InChI=1S/C19H21N3O4/c1-25-16-10-14(2-4-15(16)26-9-7-20)3-5-18(24)22-8-6-19(13-22)11-17(23)21-12-19/h2-5,10H,6,8-9,11-13H2,1H3,(H,21,23)/b5-3+. The quantitative estimate of drug-likeness (QED) is 0.805. The molecule has 2 heterocycles. The third-order valence-corrected chi connectivity index (χ3v) is 4.84. The fourth-order valence-electron chi connectivity index (χ4n) is 3.45. The lowest BCUT2D eigenvalue weighted by Crippen LogP contribution is -2.32. The molecule has 1 aromatic rings. The van der Waals surface area contributed by atoms with Crippen LogP contribution < -0.4 is 14.8 Å². The Morgan fingerprint density at radius 2 is 2.31 bits per heavy atom. The lowest BCUT2D eigenvalue weighted by molar-refractivity contribution is -0.125. The highest BCUT2D eigenvalue weighted by Gasteiger charge is 2.44. The molecule has 2 fully saturated rings. The van der Waals surface area contributed by atoms with Crippen LogP contribution in [0.15, 0.2) is 24.3 Å². The number of likely N-dealkylation sites (tertiary alicyclic amines) is 1. The molecule has 0 aliphatic carbocycles. The van der Waals surface area contributed by atoms with Gasteiger partial charge in [-0.15, -0.1) is 0 Å². The van der Waals surface area contributed by atoms with Crippen LogP contribution in [-0.4, -0.2) is 50.1 Å². The van der Waals surface area contributed by atoms with Crippen molar-refractivity contribution in [2.24, 2.45) is 5.41 Å². The Labute approximate surface area is 152 Å². The first kappa shape index (κ1) is 17.8. The highest BCUT2D eigenvalue weighted by molar-refractivity contribution is 5.92. The van der Waals surface area contributed by atoms with Crippen molar-refractivity contribution in [1.29, 1.82) is 5.26 Å². The van der Waals surface area contributed by atoms with Gasteiger partial charge in [0.25, 0.3) is 0 Å². The minimum absolute atomic E-state index is 0.0574. The van der Waals surface area contributed by atoms with Crippen LogP contribution in [0.2, 0.25) is 0 Å². The number of ether oxygens (including phenoxy) is 2. The molecule has 0 saturated carbocycles. The number of nitrogens with one attached hydrogen (secondary N) is 1. The van der Waals surface area contributed by atoms with Crippen molar-refractivity contribution in [3.05, 3.63) is 29.8 Å². The molecule has 0 bridgehead atoms. The minimum atomic E-state index is -0.0937. The smallest absolute Gasteiger partial charge is 0.246 e. The van der Waals surface area contributed by atoms with Gasteiger partial charge < -0.3 is 19.7 Å². The van der Waals surface area contributed by atoms with Crippen molar-refractivity contribution in [1.82, 2.24) is 10.2 Å². The third-order valence-electron chi connectivity index (χ3n) is 4.84. The number of nitriles is 1. The number of carbonyl (C=O) groups is 2. The zero-order valence-electron chi connectivity index (χ0n) is 14.7. The molecular formula is C19H21N3O4. The van der Waals surface area contributed by atoms with E-state index in [0.29, 0.717) is 37.6 Å². The van der Waals surface area contributed by atoms with Crippen LogP contribution in [0.4, 0.5) is 0 Å². The van der Waals surface area contributed by atoms with Gasteiger partial charge in [-0.25, -0.2) is 0 Å². The summed E-state index contributed by atoms with van der Waals surface area (Å²) in [5.41, 5.74) is 0.704. The van der Waals surface area contributed by atoms with Gasteiger partial charge >= 0.3 is 0 Å². The number of rotatable bonds is 5. The predicted molar refractivity (Wildman–Crippen MR) is 94.4 cm³/mol. The first-order valence-corrected chi connectivity index (χ1v) is 8.47. The number of benzene rings is 1. The summed E-state index contributed by atoms with van der Waals surface area (Å²) in [6.07, 6.45) is 4.61. The van der Waals surface area contributed by atoms with E-state index in [4.69, 9.17) is 14.7 Å². The Hall–Kier alpha value is -3.01. The highest BCUT2D eigenvalue weighted by atomic mass is 16.5. The fraction of sp³-hybridized carbons (Fsp3) is 0.421. The number of nitrogens with zero attached hydrogens (tertiary/aromatic N) is 2. The van der Waals surface area contributed by atoms with E-state index in [1.165, 1.54) is 13.2 Å². The molecule has 7 heteroatoms. The van der Waals surface area contributed by atoms with Crippen LogP contribution in [0.25, 0.3) is 6.08 Å². The Morgan fingerprint density at radius 1 is 1.46 bits per heavy atom. The van der Waals surface area contributed by atoms with Crippen molar-refractivity contribution in [3.8, 4) is 17.6 Å². The third kappa shape index (κ3) is 3.80. The number of hydrogen-bond donors (Lipinski definition) is 1. The normalized spacial score (nSPS) is 21.8. The number of hydrogen-bond acceptors (Lipinski definition) is 5. The average Bonchev–Trinajstić information content (AvgIpc) is 3.24. The van der Waals surface area contributed by atoms with E-state index < -0.39 is 0 Å². The second-order valence-electron chi connectivity index (χ2n) is 6.65. The number of methoxy groups -OCH3 is 1. The van der Waals surface area contributed by atoms with Crippen LogP contribution in [0.5, 0.6) is 11.5 Å². The number of amides is 2. The summed E-state index contributed by atoms with van der Waals surface area (Å²) in [6, 6.07) is 7.17. The van der Waals surface area contributed by atoms with E-state index in [1.807, 2.05) is 6.07 Å². The highest BCUT2D eigenvalue weighted by Crippen LogP contribution is 2.36. The van der Waals surface area contributed by atoms with E-state index in [2.05, 4.69) is 5.32 Å². The number of carbonyl (C=O) groups excluding carboxylic acids is 2. The molecule has 2 amide bonds. The van der Waals surface area contributed by atoms with Crippen LogP contribution in [0, 0.1) is 16.7 Å². The summed E-state index contributed by atoms with van der Waals surface area (Å²) in [5.74, 6) is 0.994. The topological polar surface area (TPSA) is 91.7 Å². The second kappa shape index (κ2) is 7.48. The summed E-state index contributed by atoms with van der Waals surface area (Å²) in [4.78, 5) is 25.7. The van der Waals surface area contributed by atoms with Crippen molar-refractivity contribution >= 4 is 17.9 Å². The van der Waals surface area contributed by atoms with Gasteiger partial charge in [0.15, 0.2) is 18.1 Å². The summed E-state index contributed by atoms with van der Waals surface area (Å²) in [5, 5.41) is 11.5. The molecular weight excluding hydrogens is 334 g/mol. The molecule has 7 nitrogen and oxygen atoms in total. The summed E-state index contributed by atoms with van der Waals surface area (Å²) < 4.78 is 10.5. The molecule has 0 aromatic heterocycles. The lowest BCUT2D eigenvalue weighted by atomic mass is 9.86. The maximum atomic E-state index is 12.4. The van der Waals surface area contributed by atoms with Crippen LogP contribution >= 0.6 is 0 Å². The Balaban J connectivity index is 1.63. The maximum absolute atomic E-state index is 12.4. The Morgan fingerprint density at radius 3 is 3.00 bits per heavy atom. The van der Waals surface area contributed by atoms with E-state index >= 15 is 0 Å². The largest absolute Gasteiger partial charge is 0.493 e. The van der Waals surface area contributed by atoms with Gasteiger partial charge in [-0.1, -0.05) is 6.07 Å². The molecule has 1 aromatic carbocycles. The summed E-state index contributed by atoms with van der Waals surface area (Å²) in [6.45, 7) is 1.88. The molecule has 1 atom stereocenters. The van der Waals surface area contributed by atoms with E-state index in [9.17, 15) is 9.59 Å². The zero-order chi connectivity index (χ0) is 18.6. The zero-order valence-corrected chi connectivity index (χ0v) is 14.7. The SMILES string of the molecule is COc1cc(/C=C/C(=O)N2CCC3(CNC(=O)C3)C2)ccc1OCC#N. The van der Waals surface area contributed by atoms with Crippen molar-refractivity contribution in [2.75, 3.05) is 33.4 Å². The van der Waals surface area contributed by atoms with E-state index in [1.54, 1.807) is 29.2 Å². The minimum Gasteiger partial charge on any atom is -0.493 e. The van der Waals surface area contributed by atoms with Crippen molar-refractivity contribution < 1.29 is 19.1 Å². The first-order valence-electron chi connectivity index (χ1n) is 8.47. The fourth-order valence-corrected chi connectivity index (χ4v) is 3.45. The monoisotopic (exact) mass is 355 g/mol. The van der Waals surface area contributed by atoms with Crippen molar-refractivity contribution in [3.63, 3.8) is 0 Å². The average molecular weight is 355 g/mol. The maximum Gasteiger partial charge on any atom is 0.246 e. The van der Waals surface area contributed by atoms with Gasteiger partial charge in [-0.2, -0.15) is 5.26 Å². The van der Waals surface area contributed by atoms with Gasteiger partial charge in [0.1, 0.15) is 6.07 Å². The molecule has 136 valence electrons. The van der Waals surface area contributed by atoms with Crippen molar-refractivity contribution in [2.45, 2.75) is 12.8 Å². The Bertz CT molecular complexity index is 783. The molecule has 2 aliphatic rings. The van der Waals surface area contributed by atoms with Crippen LogP contribution in [0.1, 0.15) is 18.4 Å². The molecule has 1 spiro atoms. The van der Waals surface area contributed by atoms with Gasteiger partial charge in [0, 0.05) is 37.5 Å². The second-order valence-corrected chi connectivity index (χ2v) is 6.65. The molecule has 1 N–H and O–H groups in total. The van der Waals surface area contributed by atoms with E-state index in [-0.39, 0.29) is 23.8 Å². The van der Waals surface area contributed by atoms with E-state index in [0.717, 1.165) is 12.0 Å². The molecule has 26 heavy (non-hydrogen) atoms. The Kier molecular flexibility index (Phi) is 5.12. The van der Waals surface area contributed by atoms with Gasteiger partial charge in [-0.05, 0) is 30.2 Å². The molecule has 1 unspecified atom stereocenters. The molecule has 2 saturated heterocycles. The molecule has 3 rings (SSSR count). The molecule has 2 aliphatic heterocycles. The predicted octanol–water partition coefficient (Wildman–Crippen LogP) is 1.35. The first-order chi connectivity index (χ1) is 12.5. The summed E-state index contributed by atoms with van der Waals surface area (Å²) in [7, 11) is 1.52. The lowest BCUT2D eigenvalue weighted by Gasteiger charge is -2.20.